The van der Waals surface area contributed by atoms with Crippen LogP contribution in [0.2, 0.25) is 0 Å². The molecular formula is C24H32O6. The number of hydrogen-bond acceptors (Lipinski definition) is 6. The zero-order chi connectivity index (χ0) is 21.9. The molecule has 0 heterocycles. The SMILES string of the molecule is O=C(CCc1ccccc1)OCCCCCCO.O=C(OCCO)c1ccccc1. The van der Waals surface area contributed by atoms with Gasteiger partial charge in [-0.2, -0.15) is 0 Å². The zero-order valence-corrected chi connectivity index (χ0v) is 17.4. The minimum Gasteiger partial charge on any atom is -0.466 e. The number of esters is 2. The van der Waals surface area contributed by atoms with Gasteiger partial charge < -0.3 is 19.7 Å². The summed E-state index contributed by atoms with van der Waals surface area (Å²) in [6.07, 6.45) is 4.91. The Morgan fingerprint density at radius 1 is 0.700 bits per heavy atom. The Morgan fingerprint density at radius 2 is 1.33 bits per heavy atom. The minimum absolute atomic E-state index is 0.0493. The predicted octanol–water partition coefficient (Wildman–Crippen LogP) is 3.55. The van der Waals surface area contributed by atoms with Crippen molar-refractivity contribution in [3.63, 3.8) is 0 Å². The van der Waals surface area contributed by atoms with Crippen LogP contribution >= 0.6 is 0 Å². The molecule has 0 aromatic heterocycles. The van der Waals surface area contributed by atoms with Gasteiger partial charge >= 0.3 is 11.9 Å². The molecule has 0 saturated carbocycles. The first-order valence-electron chi connectivity index (χ1n) is 10.3. The number of rotatable bonds is 12. The maximum atomic E-state index is 11.4. The summed E-state index contributed by atoms with van der Waals surface area (Å²) in [5.74, 6) is -0.523. The van der Waals surface area contributed by atoms with Gasteiger partial charge in [0, 0.05) is 13.0 Å². The summed E-state index contributed by atoms with van der Waals surface area (Å²) in [7, 11) is 0. The van der Waals surface area contributed by atoms with E-state index in [-0.39, 0.29) is 25.8 Å². The fraction of sp³-hybridized carbons (Fsp3) is 0.417. The van der Waals surface area contributed by atoms with Crippen LogP contribution < -0.4 is 0 Å². The molecule has 2 aromatic carbocycles. The van der Waals surface area contributed by atoms with Gasteiger partial charge in [0.05, 0.1) is 18.8 Å². The first kappa shape index (κ1) is 25.3. The lowest BCUT2D eigenvalue weighted by Gasteiger charge is -2.04. The van der Waals surface area contributed by atoms with Gasteiger partial charge in [-0.1, -0.05) is 55.0 Å². The zero-order valence-electron chi connectivity index (χ0n) is 17.4. The molecule has 0 amide bonds. The van der Waals surface area contributed by atoms with E-state index in [9.17, 15) is 9.59 Å². The minimum atomic E-state index is -0.398. The number of carbonyl (C=O) groups is 2. The summed E-state index contributed by atoms with van der Waals surface area (Å²) >= 11 is 0. The average molecular weight is 417 g/mol. The number of benzene rings is 2. The van der Waals surface area contributed by atoms with Crippen LogP contribution in [0.5, 0.6) is 0 Å². The van der Waals surface area contributed by atoms with Gasteiger partial charge in [-0.25, -0.2) is 4.79 Å². The van der Waals surface area contributed by atoms with E-state index in [2.05, 4.69) is 4.74 Å². The van der Waals surface area contributed by atoms with Crippen LogP contribution in [-0.2, 0) is 20.7 Å². The quantitative estimate of drug-likeness (QED) is 0.406. The lowest BCUT2D eigenvalue weighted by atomic mass is 10.1. The Morgan fingerprint density at radius 3 is 1.97 bits per heavy atom. The van der Waals surface area contributed by atoms with Crippen LogP contribution in [0.15, 0.2) is 60.7 Å². The number of carbonyl (C=O) groups excluding carboxylic acids is 2. The van der Waals surface area contributed by atoms with Crippen molar-refractivity contribution in [2.75, 3.05) is 26.4 Å². The Kier molecular flexibility index (Phi) is 14.5. The Labute approximate surface area is 178 Å². The molecule has 6 heteroatoms. The summed E-state index contributed by atoms with van der Waals surface area (Å²) in [6.45, 7) is 0.655. The molecule has 0 radical (unpaired) electrons. The third-order valence-electron chi connectivity index (χ3n) is 4.11. The lowest BCUT2D eigenvalue weighted by molar-refractivity contribution is -0.143. The number of aliphatic hydroxyl groups is 2. The first-order valence-corrected chi connectivity index (χ1v) is 10.3. The van der Waals surface area contributed by atoms with Crippen molar-refractivity contribution in [1.29, 1.82) is 0 Å². The molecule has 0 unspecified atom stereocenters. The Balaban J connectivity index is 0.000000325. The maximum Gasteiger partial charge on any atom is 0.338 e. The molecule has 0 fully saturated rings. The van der Waals surface area contributed by atoms with E-state index in [0.29, 0.717) is 18.6 Å². The Hall–Kier alpha value is -2.70. The molecule has 0 bridgehead atoms. The normalized spacial score (nSPS) is 9.93. The standard InChI is InChI=1S/C15H22O3.C9H10O3/c16-12-6-1-2-7-13-18-15(17)11-10-14-8-4-3-5-9-14;10-6-7-12-9(11)8-4-2-1-3-5-8/h3-5,8-9,16H,1-2,6-7,10-13H2;1-5,10H,6-7H2. The second kappa shape index (κ2) is 17.2. The van der Waals surface area contributed by atoms with Gasteiger partial charge in [-0.3, -0.25) is 4.79 Å². The molecule has 6 nitrogen and oxygen atoms in total. The number of aryl methyl sites for hydroxylation is 1. The van der Waals surface area contributed by atoms with E-state index in [1.165, 1.54) is 0 Å². The smallest absolute Gasteiger partial charge is 0.338 e. The number of ether oxygens (including phenoxy) is 2. The summed E-state index contributed by atoms with van der Waals surface area (Å²) < 4.78 is 9.83. The highest BCUT2D eigenvalue weighted by atomic mass is 16.5. The van der Waals surface area contributed by atoms with Crippen LogP contribution in [0.1, 0.15) is 48.0 Å². The molecule has 2 aromatic rings. The summed E-state index contributed by atoms with van der Waals surface area (Å²) in [5.41, 5.74) is 1.67. The second-order valence-electron chi connectivity index (χ2n) is 6.57. The molecule has 2 N–H and O–H groups in total. The molecule has 0 atom stereocenters. The van der Waals surface area contributed by atoms with Gasteiger partial charge in [-0.15, -0.1) is 0 Å². The topological polar surface area (TPSA) is 93.1 Å². The van der Waals surface area contributed by atoms with Gasteiger partial charge in [0.1, 0.15) is 6.61 Å². The fourth-order valence-corrected chi connectivity index (χ4v) is 2.51. The fourth-order valence-electron chi connectivity index (χ4n) is 2.51. The number of aliphatic hydroxyl groups excluding tert-OH is 2. The number of unbranched alkanes of at least 4 members (excludes halogenated alkanes) is 3. The molecular weight excluding hydrogens is 384 g/mol. The van der Waals surface area contributed by atoms with E-state index < -0.39 is 5.97 Å². The van der Waals surface area contributed by atoms with Gasteiger partial charge in [-0.05, 0) is 43.4 Å². The van der Waals surface area contributed by atoms with Crippen LogP contribution in [0.4, 0.5) is 0 Å². The highest BCUT2D eigenvalue weighted by Gasteiger charge is 2.04. The molecule has 30 heavy (non-hydrogen) atoms. The lowest BCUT2D eigenvalue weighted by Crippen LogP contribution is -2.08. The van der Waals surface area contributed by atoms with Crippen molar-refractivity contribution in [2.45, 2.75) is 38.5 Å². The van der Waals surface area contributed by atoms with Crippen molar-refractivity contribution in [3.05, 3.63) is 71.8 Å². The van der Waals surface area contributed by atoms with Gasteiger partial charge in [0.25, 0.3) is 0 Å². The van der Waals surface area contributed by atoms with Gasteiger partial charge in [0.15, 0.2) is 0 Å². The van der Waals surface area contributed by atoms with Crippen LogP contribution in [0, 0.1) is 0 Å². The second-order valence-corrected chi connectivity index (χ2v) is 6.57. The molecule has 164 valence electrons. The summed E-state index contributed by atoms with van der Waals surface area (Å²) in [4.78, 5) is 22.5. The molecule has 0 aliphatic rings. The molecule has 0 saturated heterocycles. The third kappa shape index (κ3) is 12.7. The maximum absolute atomic E-state index is 11.4. The van der Waals surface area contributed by atoms with Crippen LogP contribution in [0.3, 0.4) is 0 Å². The van der Waals surface area contributed by atoms with E-state index in [1.807, 2.05) is 36.4 Å². The van der Waals surface area contributed by atoms with E-state index in [1.54, 1.807) is 24.3 Å². The van der Waals surface area contributed by atoms with Crippen molar-refractivity contribution in [3.8, 4) is 0 Å². The Bertz CT molecular complexity index is 687. The largest absolute Gasteiger partial charge is 0.466 e. The predicted molar refractivity (Wildman–Crippen MR) is 115 cm³/mol. The van der Waals surface area contributed by atoms with Crippen LogP contribution in [0.25, 0.3) is 0 Å². The summed E-state index contributed by atoms with van der Waals surface area (Å²) in [6, 6.07) is 18.6. The van der Waals surface area contributed by atoms with Gasteiger partial charge in [0.2, 0.25) is 0 Å². The third-order valence-corrected chi connectivity index (χ3v) is 4.11. The molecule has 0 aliphatic heterocycles. The van der Waals surface area contributed by atoms with Crippen molar-refractivity contribution >= 4 is 11.9 Å². The first-order chi connectivity index (χ1) is 14.7. The van der Waals surface area contributed by atoms with Crippen molar-refractivity contribution in [1.82, 2.24) is 0 Å². The molecule has 0 aliphatic carbocycles. The highest BCUT2D eigenvalue weighted by molar-refractivity contribution is 5.89. The van der Waals surface area contributed by atoms with Crippen molar-refractivity contribution < 1.29 is 29.3 Å². The molecule has 0 spiro atoms. The van der Waals surface area contributed by atoms with E-state index in [4.69, 9.17) is 14.9 Å². The van der Waals surface area contributed by atoms with Crippen molar-refractivity contribution in [2.24, 2.45) is 0 Å². The number of hydrogen-bond donors (Lipinski definition) is 2. The van der Waals surface area contributed by atoms with Crippen LogP contribution in [-0.4, -0.2) is 48.6 Å². The monoisotopic (exact) mass is 416 g/mol. The average Bonchev–Trinajstić information content (AvgIpc) is 2.80. The van der Waals surface area contributed by atoms with E-state index >= 15 is 0 Å². The summed E-state index contributed by atoms with van der Waals surface area (Å²) in [5, 5.41) is 17.0. The molecule has 2 rings (SSSR count). The highest BCUT2D eigenvalue weighted by Crippen LogP contribution is 2.04. The van der Waals surface area contributed by atoms with E-state index in [0.717, 1.165) is 37.7 Å².